The van der Waals surface area contributed by atoms with Crippen LogP contribution in [0.2, 0.25) is 0 Å². The van der Waals surface area contributed by atoms with Crippen LogP contribution in [0.5, 0.6) is 5.75 Å². The number of phenolic OH excluding ortho intramolecular Hbond substituents is 1. The Bertz CT molecular complexity index is 510. The summed E-state index contributed by atoms with van der Waals surface area (Å²) in [7, 11) is -3.14. The number of hydrogen-bond donors (Lipinski definition) is 1. The minimum absolute atomic E-state index is 0.116. The molecule has 4 nitrogen and oxygen atoms in total. The molecular formula is C11H15NO3S. The number of fused-ring (bicyclic) bond motifs is 1. The number of nitrogens with zero attached hydrogens (tertiary/aromatic N) is 1. The van der Waals surface area contributed by atoms with Crippen molar-refractivity contribution in [2.24, 2.45) is 0 Å². The van der Waals surface area contributed by atoms with Gasteiger partial charge in [0.25, 0.3) is 0 Å². The van der Waals surface area contributed by atoms with E-state index in [0.29, 0.717) is 13.1 Å². The summed E-state index contributed by atoms with van der Waals surface area (Å²) in [6.45, 7) is 2.85. The maximum atomic E-state index is 11.5. The van der Waals surface area contributed by atoms with Gasteiger partial charge in [-0.25, -0.2) is 8.42 Å². The van der Waals surface area contributed by atoms with E-state index in [1.54, 1.807) is 18.2 Å². The molecule has 1 atom stereocenters. The van der Waals surface area contributed by atoms with Crippen molar-refractivity contribution in [1.29, 1.82) is 0 Å². The van der Waals surface area contributed by atoms with Gasteiger partial charge in [0, 0.05) is 13.1 Å². The lowest BCUT2D eigenvalue weighted by atomic mass is 9.92. The Labute approximate surface area is 95.6 Å². The Hall–Kier alpha value is -1.07. The highest BCUT2D eigenvalue weighted by molar-refractivity contribution is 7.88. The maximum absolute atomic E-state index is 11.5. The molecule has 2 rings (SSSR count). The van der Waals surface area contributed by atoms with Gasteiger partial charge in [0.2, 0.25) is 10.0 Å². The van der Waals surface area contributed by atoms with Crippen molar-refractivity contribution in [3.8, 4) is 5.75 Å². The summed E-state index contributed by atoms with van der Waals surface area (Å²) in [5.74, 6) is 0.351. The van der Waals surface area contributed by atoms with Crippen LogP contribution in [0.3, 0.4) is 0 Å². The fourth-order valence-corrected chi connectivity index (χ4v) is 2.96. The molecule has 0 saturated heterocycles. The van der Waals surface area contributed by atoms with Gasteiger partial charge in [0.05, 0.1) is 6.26 Å². The maximum Gasteiger partial charge on any atom is 0.211 e. The van der Waals surface area contributed by atoms with Gasteiger partial charge in [0.1, 0.15) is 5.75 Å². The average molecular weight is 241 g/mol. The molecule has 1 unspecified atom stereocenters. The molecule has 1 aromatic rings. The Morgan fingerprint density at radius 1 is 1.44 bits per heavy atom. The SMILES string of the molecule is CC1CN(S(C)(=O)=O)Cc2ccc(O)cc21. The van der Waals surface area contributed by atoms with Gasteiger partial charge < -0.3 is 5.11 Å². The van der Waals surface area contributed by atoms with Crippen molar-refractivity contribution in [2.45, 2.75) is 19.4 Å². The summed E-state index contributed by atoms with van der Waals surface area (Å²) >= 11 is 0. The zero-order chi connectivity index (χ0) is 11.9. The standard InChI is InChI=1S/C11H15NO3S/c1-8-6-12(16(2,14)15)7-9-3-4-10(13)5-11(8)9/h3-5,8,13H,6-7H2,1-2H3. The van der Waals surface area contributed by atoms with E-state index in [1.165, 1.54) is 10.6 Å². The number of hydrogen-bond acceptors (Lipinski definition) is 3. The van der Waals surface area contributed by atoms with E-state index in [1.807, 2.05) is 6.92 Å². The van der Waals surface area contributed by atoms with Crippen molar-refractivity contribution in [3.63, 3.8) is 0 Å². The molecule has 5 heteroatoms. The van der Waals surface area contributed by atoms with Crippen LogP contribution in [0.1, 0.15) is 24.0 Å². The molecule has 0 aromatic heterocycles. The van der Waals surface area contributed by atoms with Crippen molar-refractivity contribution in [1.82, 2.24) is 4.31 Å². The van der Waals surface area contributed by atoms with Crippen molar-refractivity contribution in [3.05, 3.63) is 29.3 Å². The highest BCUT2D eigenvalue weighted by atomic mass is 32.2. The number of benzene rings is 1. The smallest absolute Gasteiger partial charge is 0.211 e. The van der Waals surface area contributed by atoms with Crippen LogP contribution >= 0.6 is 0 Å². The van der Waals surface area contributed by atoms with Gasteiger partial charge >= 0.3 is 0 Å². The number of aromatic hydroxyl groups is 1. The van der Waals surface area contributed by atoms with Gasteiger partial charge in [-0.05, 0) is 29.2 Å². The second kappa shape index (κ2) is 3.75. The van der Waals surface area contributed by atoms with Gasteiger partial charge in [-0.15, -0.1) is 0 Å². The molecule has 1 aliphatic rings. The lowest BCUT2D eigenvalue weighted by Gasteiger charge is -2.31. The molecular weight excluding hydrogens is 226 g/mol. The number of sulfonamides is 1. The highest BCUT2D eigenvalue weighted by Gasteiger charge is 2.27. The van der Waals surface area contributed by atoms with E-state index in [9.17, 15) is 13.5 Å². The molecule has 1 aliphatic heterocycles. The van der Waals surface area contributed by atoms with E-state index in [2.05, 4.69) is 0 Å². The third-order valence-corrected chi connectivity index (χ3v) is 4.17. The van der Waals surface area contributed by atoms with Gasteiger partial charge in [-0.1, -0.05) is 13.0 Å². The Balaban J connectivity index is 2.41. The van der Waals surface area contributed by atoms with Crippen LogP contribution in [-0.4, -0.2) is 30.6 Å². The van der Waals surface area contributed by atoms with Crippen LogP contribution in [0, 0.1) is 0 Å². The predicted molar refractivity (Wildman–Crippen MR) is 61.8 cm³/mol. The van der Waals surface area contributed by atoms with Gasteiger partial charge in [-0.3, -0.25) is 0 Å². The predicted octanol–water partition coefficient (Wildman–Crippen LogP) is 1.27. The zero-order valence-corrected chi connectivity index (χ0v) is 10.2. The zero-order valence-electron chi connectivity index (χ0n) is 9.34. The normalized spacial score (nSPS) is 21.8. The molecule has 0 bridgehead atoms. The van der Waals surface area contributed by atoms with Gasteiger partial charge in [0.15, 0.2) is 0 Å². The summed E-state index contributed by atoms with van der Waals surface area (Å²) in [5.41, 5.74) is 2.02. The fourth-order valence-electron chi connectivity index (χ4n) is 2.10. The van der Waals surface area contributed by atoms with E-state index < -0.39 is 10.0 Å². The Morgan fingerprint density at radius 3 is 2.75 bits per heavy atom. The molecule has 1 aromatic carbocycles. The summed E-state index contributed by atoms with van der Waals surface area (Å²) in [6.07, 6.45) is 1.23. The lowest BCUT2D eigenvalue weighted by molar-refractivity contribution is 0.365. The molecule has 0 spiro atoms. The van der Waals surface area contributed by atoms with E-state index in [4.69, 9.17) is 0 Å². The first-order valence-electron chi connectivity index (χ1n) is 5.15. The summed E-state index contributed by atoms with van der Waals surface area (Å²) in [6, 6.07) is 5.11. The monoisotopic (exact) mass is 241 g/mol. The number of phenols is 1. The van der Waals surface area contributed by atoms with Gasteiger partial charge in [-0.2, -0.15) is 4.31 Å². The van der Waals surface area contributed by atoms with Crippen molar-refractivity contribution >= 4 is 10.0 Å². The third kappa shape index (κ3) is 2.05. The average Bonchev–Trinajstić information content (AvgIpc) is 2.17. The third-order valence-electron chi connectivity index (χ3n) is 2.95. The fraction of sp³-hybridized carbons (Fsp3) is 0.455. The molecule has 0 fully saturated rings. The summed E-state index contributed by atoms with van der Waals surface area (Å²) in [5, 5.41) is 9.40. The summed E-state index contributed by atoms with van der Waals surface area (Å²) < 4.78 is 24.4. The first-order chi connectivity index (χ1) is 7.38. The molecule has 0 radical (unpaired) electrons. The second-order valence-corrected chi connectivity index (χ2v) is 6.32. The van der Waals surface area contributed by atoms with Crippen LogP contribution in [0.4, 0.5) is 0 Å². The first kappa shape index (κ1) is 11.4. The van der Waals surface area contributed by atoms with Crippen LogP contribution in [0.15, 0.2) is 18.2 Å². The van der Waals surface area contributed by atoms with Crippen LogP contribution in [-0.2, 0) is 16.6 Å². The van der Waals surface area contributed by atoms with Crippen molar-refractivity contribution in [2.75, 3.05) is 12.8 Å². The molecule has 16 heavy (non-hydrogen) atoms. The highest BCUT2D eigenvalue weighted by Crippen LogP contribution is 2.31. The summed E-state index contributed by atoms with van der Waals surface area (Å²) in [4.78, 5) is 0. The minimum atomic E-state index is -3.14. The second-order valence-electron chi connectivity index (χ2n) is 4.34. The molecule has 88 valence electrons. The van der Waals surface area contributed by atoms with E-state index >= 15 is 0 Å². The molecule has 1 heterocycles. The molecule has 0 saturated carbocycles. The first-order valence-corrected chi connectivity index (χ1v) is 6.99. The lowest BCUT2D eigenvalue weighted by Crippen LogP contribution is -2.36. The van der Waals surface area contributed by atoms with Crippen LogP contribution in [0.25, 0.3) is 0 Å². The molecule has 0 amide bonds. The van der Waals surface area contributed by atoms with Crippen LogP contribution < -0.4 is 0 Å². The minimum Gasteiger partial charge on any atom is -0.508 e. The van der Waals surface area contributed by atoms with Crippen molar-refractivity contribution < 1.29 is 13.5 Å². The quantitative estimate of drug-likeness (QED) is 0.805. The molecule has 0 aliphatic carbocycles. The Kier molecular flexibility index (Phi) is 2.67. The largest absolute Gasteiger partial charge is 0.508 e. The Morgan fingerprint density at radius 2 is 2.12 bits per heavy atom. The number of rotatable bonds is 1. The molecule has 1 N–H and O–H groups in total. The van der Waals surface area contributed by atoms with E-state index in [0.717, 1.165) is 11.1 Å². The van der Waals surface area contributed by atoms with E-state index in [-0.39, 0.29) is 11.7 Å². The topological polar surface area (TPSA) is 57.6 Å².